The molecule has 0 saturated carbocycles. The molecule has 0 atom stereocenters. The number of hydrogen-bond donors (Lipinski definition) is 4. The predicted molar refractivity (Wildman–Crippen MR) is 128 cm³/mol. The summed E-state index contributed by atoms with van der Waals surface area (Å²) in [5.41, 5.74) is 3.20. The summed E-state index contributed by atoms with van der Waals surface area (Å²) in [5, 5.41) is 20.0. The van der Waals surface area contributed by atoms with Crippen molar-refractivity contribution in [3.63, 3.8) is 0 Å². The lowest BCUT2D eigenvalue weighted by molar-refractivity contribution is 0.0739. The maximum absolute atomic E-state index is 12.7. The van der Waals surface area contributed by atoms with Crippen LogP contribution in [0.2, 0.25) is 0 Å². The van der Waals surface area contributed by atoms with Crippen molar-refractivity contribution >= 4 is 29.2 Å². The molecule has 2 aromatic heterocycles. The number of carbonyl (C=O) groups excluding carboxylic acids is 1. The second-order valence-electron chi connectivity index (χ2n) is 8.78. The number of nitrogens with zero attached hydrogens (tertiary/aromatic N) is 4. The molecular weight excluding hydrogens is 418 g/mol. The van der Waals surface area contributed by atoms with Crippen molar-refractivity contribution in [3.05, 3.63) is 65.0 Å². The highest BCUT2D eigenvalue weighted by Crippen LogP contribution is 2.25. The molecule has 0 radical (unpaired) electrons. The molecule has 0 spiro atoms. The zero-order valence-electron chi connectivity index (χ0n) is 19.3. The van der Waals surface area contributed by atoms with Gasteiger partial charge in [-0.2, -0.15) is 4.98 Å². The Hall–Kier alpha value is -3.56. The standard InChI is InChI=1S/C24H29N7O2/c1-24(2,33)19-6-5-7-20(28-19)29-21-18(22(32)31(3)4)14-26-23(30-21)27-17-9-8-16-13-25-11-10-15(16)12-17/h5-9,12,14,25,33H,10-11,13H2,1-4H3,(H2,26,27,28,29,30). The van der Waals surface area contributed by atoms with Gasteiger partial charge in [0, 0.05) is 32.5 Å². The van der Waals surface area contributed by atoms with E-state index in [2.05, 4.69) is 43.0 Å². The van der Waals surface area contributed by atoms with Crippen molar-refractivity contribution in [1.29, 1.82) is 0 Å². The van der Waals surface area contributed by atoms with Crippen molar-refractivity contribution in [1.82, 2.24) is 25.2 Å². The molecule has 33 heavy (non-hydrogen) atoms. The summed E-state index contributed by atoms with van der Waals surface area (Å²) < 4.78 is 0. The van der Waals surface area contributed by atoms with Crippen LogP contribution < -0.4 is 16.0 Å². The van der Waals surface area contributed by atoms with Crippen LogP contribution in [0.1, 0.15) is 41.0 Å². The number of aliphatic hydroxyl groups is 1. The summed E-state index contributed by atoms with van der Waals surface area (Å²) in [6.07, 6.45) is 2.47. The molecule has 1 amide bonds. The maximum atomic E-state index is 12.7. The molecule has 1 aliphatic heterocycles. The molecule has 0 saturated heterocycles. The number of pyridine rings is 1. The van der Waals surface area contributed by atoms with Gasteiger partial charge >= 0.3 is 0 Å². The summed E-state index contributed by atoms with van der Waals surface area (Å²) in [6.45, 7) is 5.17. The second-order valence-corrected chi connectivity index (χ2v) is 8.78. The number of hydrogen-bond acceptors (Lipinski definition) is 8. The van der Waals surface area contributed by atoms with E-state index < -0.39 is 5.60 Å². The Morgan fingerprint density at radius 3 is 2.70 bits per heavy atom. The first-order chi connectivity index (χ1) is 15.7. The average molecular weight is 448 g/mol. The zero-order valence-corrected chi connectivity index (χ0v) is 19.3. The Balaban J connectivity index is 1.66. The number of fused-ring (bicyclic) bond motifs is 1. The van der Waals surface area contributed by atoms with Crippen LogP contribution in [0.4, 0.5) is 23.3 Å². The van der Waals surface area contributed by atoms with Gasteiger partial charge in [0.25, 0.3) is 5.91 Å². The minimum atomic E-state index is -1.10. The quantitative estimate of drug-likeness (QED) is 0.456. The number of benzene rings is 1. The van der Waals surface area contributed by atoms with E-state index >= 15 is 0 Å². The van der Waals surface area contributed by atoms with E-state index in [1.807, 2.05) is 6.07 Å². The summed E-state index contributed by atoms with van der Waals surface area (Å²) in [7, 11) is 3.35. The highest BCUT2D eigenvalue weighted by Gasteiger charge is 2.20. The molecule has 1 aromatic carbocycles. The molecular formula is C24H29N7O2. The van der Waals surface area contributed by atoms with E-state index in [4.69, 9.17) is 0 Å². The van der Waals surface area contributed by atoms with Gasteiger partial charge in [0.05, 0.1) is 5.69 Å². The summed E-state index contributed by atoms with van der Waals surface area (Å²) in [4.78, 5) is 27.6. The van der Waals surface area contributed by atoms with Crippen LogP contribution in [0.15, 0.2) is 42.6 Å². The first-order valence-corrected chi connectivity index (χ1v) is 10.9. The van der Waals surface area contributed by atoms with E-state index in [0.717, 1.165) is 25.2 Å². The van der Waals surface area contributed by atoms with Crippen molar-refractivity contribution < 1.29 is 9.90 Å². The van der Waals surface area contributed by atoms with Crippen LogP contribution in [-0.2, 0) is 18.6 Å². The van der Waals surface area contributed by atoms with Gasteiger partial charge in [-0.15, -0.1) is 0 Å². The highest BCUT2D eigenvalue weighted by molar-refractivity contribution is 5.99. The third kappa shape index (κ3) is 5.27. The second kappa shape index (κ2) is 9.13. The Kier molecular flexibility index (Phi) is 6.26. The van der Waals surface area contributed by atoms with Crippen LogP contribution in [0.25, 0.3) is 0 Å². The van der Waals surface area contributed by atoms with Crippen LogP contribution in [-0.4, -0.2) is 51.5 Å². The van der Waals surface area contributed by atoms with E-state index in [1.165, 1.54) is 22.2 Å². The van der Waals surface area contributed by atoms with Crippen LogP contribution in [0.3, 0.4) is 0 Å². The van der Waals surface area contributed by atoms with Gasteiger partial charge in [0.15, 0.2) is 0 Å². The molecule has 0 aliphatic carbocycles. The fourth-order valence-electron chi connectivity index (χ4n) is 3.59. The molecule has 3 heterocycles. The first kappa shape index (κ1) is 22.6. The fourth-order valence-corrected chi connectivity index (χ4v) is 3.59. The molecule has 9 nitrogen and oxygen atoms in total. The number of rotatable bonds is 6. The third-order valence-electron chi connectivity index (χ3n) is 5.40. The molecule has 4 N–H and O–H groups in total. The topological polar surface area (TPSA) is 115 Å². The molecule has 4 rings (SSSR count). The predicted octanol–water partition coefficient (Wildman–Crippen LogP) is 2.93. The smallest absolute Gasteiger partial charge is 0.258 e. The largest absolute Gasteiger partial charge is 0.384 e. The van der Waals surface area contributed by atoms with Gasteiger partial charge in [-0.25, -0.2) is 9.97 Å². The lowest BCUT2D eigenvalue weighted by Crippen LogP contribution is -2.24. The average Bonchev–Trinajstić information content (AvgIpc) is 2.78. The van der Waals surface area contributed by atoms with Gasteiger partial charge in [0.2, 0.25) is 5.95 Å². The molecule has 172 valence electrons. The molecule has 3 aromatic rings. The van der Waals surface area contributed by atoms with Gasteiger partial charge in [-0.05, 0) is 62.2 Å². The van der Waals surface area contributed by atoms with E-state index in [0.29, 0.717) is 28.8 Å². The van der Waals surface area contributed by atoms with Crippen LogP contribution >= 0.6 is 0 Å². The van der Waals surface area contributed by atoms with Crippen molar-refractivity contribution in [2.45, 2.75) is 32.4 Å². The van der Waals surface area contributed by atoms with Gasteiger partial charge < -0.3 is 26.0 Å². The number of aromatic nitrogens is 3. The highest BCUT2D eigenvalue weighted by atomic mass is 16.3. The minimum absolute atomic E-state index is 0.232. The normalized spacial score (nSPS) is 13.2. The third-order valence-corrected chi connectivity index (χ3v) is 5.40. The fraction of sp³-hybridized carbons (Fsp3) is 0.333. The van der Waals surface area contributed by atoms with Crippen molar-refractivity contribution in [2.24, 2.45) is 0 Å². The molecule has 1 aliphatic rings. The lowest BCUT2D eigenvalue weighted by Gasteiger charge is -2.19. The Morgan fingerprint density at radius 2 is 1.94 bits per heavy atom. The zero-order chi connectivity index (χ0) is 23.6. The van der Waals surface area contributed by atoms with Crippen LogP contribution in [0, 0.1) is 0 Å². The van der Waals surface area contributed by atoms with Crippen LogP contribution in [0.5, 0.6) is 0 Å². The van der Waals surface area contributed by atoms with Crippen molar-refractivity contribution in [3.8, 4) is 0 Å². The van der Waals surface area contributed by atoms with Gasteiger partial charge in [-0.3, -0.25) is 4.79 Å². The van der Waals surface area contributed by atoms with E-state index in [-0.39, 0.29) is 5.91 Å². The minimum Gasteiger partial charge on any atom is -0.384 e. The number of carbonyl (C=O) groups is 1. The molecule has 0 fully saturated rings. The van der Waals surface area contributed by atoms with E-state index in [9.17, 15) is 9.90 Å². The maximum Gasteiger partial charge on any atom is 0.258 e. The van der Waals surface area contributed by atoms with Crippen molar-refractivity contribution in [2.75, 3.05) is 31.3 Å². The molecule has 9 heteroatoms. The number of anilines is 4. The Morgan fingerprint density at radius 1 is 1.12 bits per heavy atom. The molecule has 0 unspecified atom stereocenters. The van der Waals surface area contributed by atoms with Gasteiger partial charge in [-0.1, -0.05) is 12.1 Å². The lowest BCUT2D eigenvalue weighted by atomic mass is 10.0. The summed E-state index contributed by atoms with van der Waals surface area (Å²) in [5.74, 6) is 0.923. The Labute approximate surface area is 193 Å². The first-order valence-electron chi connectivity index (χ1n) is 10.9. The number of nitrogens with one attached hydrogen (secondary N) is 3. The Bertz CT molecular complexity index is 1170. The SMILES string of the molecule is CN(C)C(=O)c1cnc(Nc2ccc3c(c2)CCNC3)nc1Nc1cccc(C(C)(C)O)n1. The van der Waals surface area contributed by atoms with E-state index in [1.54, 1.807) is 46.1 Å². The van der Waals surface area contributed by atoms with Gasteiger partial charge in [0.1, 0.15) is 22.8 Å². The monoisotopic (exact) mass is 447 g/mol. The number of amides is 1. The summed E-state index contributed by atoms with van der Waals surface area (Å²) >= 11 is 0. The molecule has 0 bridgehead atoms. The summed E-state index contributed by atoms with van der Waals surface area (Å²) in [6, 6.07) is 11.5.